The van der Waals surface area contributed by atoms with E-state index in [0.717, 1.165) is 121 Å². The van der Waals surface area contributed by atoms with E-state index < -0.39 is 0 Å². The van der Waals surface area contributed by atoms with Gasteiger partial charge < -0.3 is 0 Å². The number of nitrogens with zero attached hydrogens (tertiary/aromatic N) is 2. The summed E-state index contributed by atoms with van der Waals surface area (Å²) < 4.78 is 30.8. The lowest BCUT2D eigenvalue weighted by atomic mass is 9.83. The predicted octanol–water partition coefficient (Wildman–Crippen LogP) is 14.7. The van der Waals surface area contributed by atoms with Crippen LogP contribution in [0.15, 0.2) is 133 Å². The SMILES string of the molecule is Cc1cc(C#N)ccc1-c1cc2c3cc4c(c(-c5ccc(C#N)cc5C)c3ccc2c2cc3c(cc12)-c1ccc(F)c2cccc-3c12)-c1ccc(F)c2cccc-4c12. The molecule has 10 aromatic carbocycles. The Morgan fingerprint density at radius 1 is 0.345 bits per heavy atom. The molecule has 0 radical (unpaired) electrons. The molecule has 0 spiro atoms. The number of fused-ring (bicyclic) bond motifs is 11. The van der Waals surface area contributed by atoms with Crippen molar-refractivity contribution < 1.29 is 8.78 Å². The van der Waals surface area contributed by atoms with Gasteiger partial charge in [-0.2, -0.15) is 10.5 Å². The first-order chi connectivity index (χ1) is 28.3. The summed E-state index contributed by atoms with van der Waals surface area (Å²) in [5, 5.41) is 29.1. The van der Waals surface area contributed by atoms with Crippen LogP contribution in [0.25, 0.3) is 121 Å². The van der Waals surface area contributed by atoms with Crippen molar-refractivity contribution in [2.24, 2.45) is 0 Å². The fraction of sp³-hybridized carbons (Fsp3) is 0.0370. The zero-order chi connectivity index (χ0) is 39.1. The fourth-order valence-electron chi connectivity index (χ4n) is 10.3. The largest absolute Gasteiger partial charge is 0.206 e. The molecule has 58 heavy (non-hydrogen) atoms. The Morgan fingerprint density at radius 3 is 1.48 bits per heavy atom. The Balaban J connectivity index is 1.26. The molecule has 12 rings (SSSR count). The second-order valence-electron chi connectivity index (χ2n) is 15.7. The molecule has 0 bridgehead atoms. The molecule has 0 aliphatic heterocycles. The van der Waals surface area contributed by atoms with E-state index >= 15 is 8.78 Å². The molecular weight excluding hydrogens is 715 g/mol. The Hall–Kier alpha value is -7.66. The Morgan fingerprint density at radius 2 is 0.828 bits per heavy atom. The summed E-state index contributed by atoms with van der Waals surface area (Å²) in [4.78, 5) is 0. The van der Waals surface area contributed by atoms with Crippen LogP contribution >= 0.6 is 0 Å². The topological polar surface area (TPSA) is 47.6 Å². The van der Waals surface area contributed by atoms with Gasteiger partial charge >= 0.3 is 0 Å². The van der Waals surface area contributed by atoms with Crippen molar-refractivity contribution in [3.05, 3.63) is 167 Å². The number of nitriles is 2. The predicted molar refractivity (Wildman–Crippen MR) is 233 cm³/mol. The van der Waals surface area contributed by atoms with Gasteiger partial charge in [0.25, 0.3) is 0 Å². The van der Waals surface area contributed by atoms with Gasteiger partial charge in [-0.25, -0.2) is 8.78 Å². The van der Waals surface area contributed by atoms with Crippen LogP contribution in [0.2, 0.25) is 0 Å². The third-order valence-electron chi connectivity index (χ3n) is 12.8. The maximum atomic E-state index is 15.5. The van der Waals surface area contributed by atoms with Gasteiger partial charge in [0.05, 0.1) is 23.3 Å². The summed E-state index contributed by atoms with van der Waals surface area (Å²) in [6.07, 6.45) is 0. The van der Waals surface area contributed by atoms with Gasteiger partial charge in [-0.05, 0) is 185 Å². The van der Waals surface area contributed by atoms with Crippen molar-refractivity contribution in [2.45, 2.75) is 13.8 Å². The fourth-order valence-corrected chi connectivity index (χ4v) is 10.3. The average molecular weight is 743 g/mol. The van der Waals surface area contributed by atoms with Crippen molar-refractivity contribution >= 4 is 53.9 Å². The molecule has 4 heteroatoms. The quantitative estimate of drug-likeness (QED) is 0.166. The molecule has 0 unspecified atom stereocenters. The first-order valence-electron chi connectivity index (χ1n) is 19.3. The molecule has 0 N–H and O–H groups in total. The maximum Gasteiger partial charge on any atom is 0.131 e. The lowest BCUT2D eigenvalue weighted by Gasteiger charge is -2.20. The number of benzene rings is 10. The smallest absolute Gasteiger partial charge is 0.131 e. The molecule has 0 fully saturated rings. The van der Waals surface area contributed by atoms with Gasteiger partial charge in [0.15, 0.2) is 0 Å². The highest BCUT2D eigenvalue weighted by Crippen LogP contribution is 2.56. The van der Waals surface area contributed by atoms with Gasteiger partial charge in [0.1, 0.15) is 11.6 Å². The zero-order valence-corrected chi connectivity index (χ0v) is 31.4. The van der Waals surface area contributed by atoms with Crippen LogP contribution in [0.1, 0.15) is 22.3 Å². The Kier molecular flexibility index (Phi) is 6.43. The molecule has 0 aromatic heterocycles. The number of rotatable bonds is 2. The standard InChI is InChI=1S/C54H28F2N2/c1-27-19-29(25-57)9-11-31(27)41-21-42-33(43-22-44-34-5-3-7-38-49(55)17-15-36(51(34)38)45(44)23-47(41)43)13-14-37-46(42)24-48-35-6-4-8-39-50(56)18-16-40(52(35)39)54(48)53(37)32-12-10-30(26-58)20-28(32)2/h3-24H,1-2H3. The lowest BCUT2D eigenvalue weighted by Crippen LogP contribution is -1.94. The van der Waals surface area contributed by atoms with E-state index in [1.54, 1.807) is 12.1 Å². The summed E-state index contributed by atoms with van der Waals surface area (Å²) in [6, 6.07) is 48.6. The Labute approximate surface area is 332 Å². The van der Waals surface area contributed by atoms with E-state index in [2.05, 4.69) is 74.5 Å². The van der Waals surface area contributed by atoms with Gasteiger partial charge in [-0.15, -0.1) is 0 Å². The second kappa shape index (κ2) is 11.5. The van der Waals surface area contributed by atoms with E-state index in [4.69, 9.17) is 0 Å². The van der Waals surface area contributed by atoms with Gasteiger partial charge in [0, 0.05) is 21.5 Å². The third-order valence-corrected chi connectivity index (χ3v) is 12.8. The van der Waals surface area contributed by atoms with Gasteiger partial charge in [-0.1, -0.05) is 72.8 Å². The first kappa shape index (κ1) is 32.6. The van der Waals surface area contributed by atoms with Crippen LogP contribution in [-0.2, 0) is 0 Å². The molecular formula is C54H28F2N2. The molecule has 0 atom stereocenters. The highest BCUT2D eigenvalue weighted by molar-refractivity contribution is 6.30. The van der Waals surface area contributed by atoms with Crippen molar-refractivity contribution in [3.8, 4) is 78.9 Å². The highest BCUT2D eigenvalue weighted by Gasteiger charge is 2.30. The summed E-state index contributed by atoms with van der Waals surface area (Å²) in [5.41, 5.74) is 15.6. The van der Waals surface area contributed by atoms with E-state index in [0.29, 0.717) is 21.9 Å². The minimum absolute atomic E-state index is 0.231. The highest BCUT2D eigenvalue weighted by atomic mass is 19.1. The number of hydrogen-bond acceptors (Lipinski definition) is 2. The number of aryl methyl sites for hydroxylation is 2. The second-order valence-corrected chi connectivity index (χ2v) is 15.7. The number of hydrogen-bond donors (Lipinski definition) is 0. The minimum atomic E-state index is -0.249. The Bertz CT molecular complexity index is 3690. The minimum Gasteiger partial charge on any atom is -0.206 e. The molecule has 2 aliphatic rings. The van der Waals surface area contributed by atoms with Crippen molar-refractivity contribution in [2.75, 3.05) is 0 Å². The van der Waals surface area contributed by atoms with Gasteiger partial charge in [-0.3, -0.25) is 0 Å². The molecule has 268 valence electrons. The summed E-state index contributed by atoms with van der Waals surface area (Å²) in [6.45, 7) is 4.10. The maximum absolute atomic E-state index is 15.5. The molecule has 0 saturated carbocycles. The zero-order valence-electron chi connectivity index (χ0n) is 31.4. The first-order valence-corrected chi connectivity index (χ1v) is 19.3. The van der Waals surface area contributed by atoms with Crippen LogP contribution in [0.4, 0.5) is 8.78 Å². The van der Waals surface area contributed by atoms with Crippen LogP contribution in [-0.4, -0.2) is 0 Å². The average Bonchev–Trinajstić information content (AvgIpc) is 3.74. The summed E-state index contributed by atoms with van der Waals surface area (Å²) in [7, 11) is 0. The molecule has 2 aliphatic carbocycles. The van der Waals surface area contributed by atoms with Crippen LogP contribution in [0.3, 0.4) is 0 Å². The normalized spacial score (nSPS) is 12.1. The summed E-state index contributed by atoms with van der Waals surface area (Å²) >= 11 is 0. The third kappa shape index (κ3) is 4.16. The van der Waals surface area contributed by atoms with Crippen LogP contribution in [0, 0.1) is 48.1 Å². The van der Waals surface area contributed by atoms with E-state index in [9.17, 15) is 10.5 Å². The van der Waals surface area contributed by atoms with Crippen molar-refractivity contribution in [1.29, 1.82) is 10.5 Å². The molecule has 10 aromatic rings. The molecule has 0 heterocycles. The molecule has 0 saturated heterocycles. The lowest BCUT2D eigenvalue weighted by molar-refractivity contribution is 0.639. The van der Waals surface area contributed by atoms with E-state index in [1.165, 1.54) is 0 Å². The van der Waals surface area contributed by atoms with E-state index in [1.807, 2.05) is 72.8 Å². The molecule has 0 amide bonds. The summed E-state index contributed by atoms with van der Waals surface area (Å²) in [5.74, 6) is -0.480. The van der Waals surface area contributed by atoms with Crippen molar-refractivity contribution in [1.82, 2.24) is 0 Å². The van der Waals surface area contributed by atoms with E-state index in [-0.39, 0.29) is 11.6 Å². The van der Waals surface area contributed by atoms with Crippen LogP contribution < -0.4 is 0 Å². The van der Waals surface area contributed by atoms with Gasteiger partial charge in [0.2, 0.25) is 0 Å². The molecule has 2 nitrogen and oxygen atoms in total. The van der Waals surface area contributed by atoms with Crippen molar-refractivity contribution in [3.63, 3.8) is 0 Å². The van der Waals surface area contributed by atoms with Crippen LogP contribution in [0.5, 0.6) is 0 Å². The monoisotopic (exact) mass is 742 g/mol. The number of halogens is 2.